The van der Waals surface area contributed by atoms with E-state index in [1.54, 1.807) is 0 Å². The largest absolute Gasteiger partial charge is 0.385 e. The maximum absolute atomic E-state index is 13.2. The molecule has 0 saturated heterocycles. The molecule has 0 radical (unpaired) electrons. The molecule has 0 saturated carbocycles. The van der Waals surface area contributed by atoms with E-state index in [-0.39, 0.29) is 12.0 Å². The number of benzene rings is 1. The summed E-state index contributed by atoms with van der Waals surface area (Å²) in [6.07, 6.45) is 0.269. The fourth-order valence-corrected chi connectivity index (χ4v) is 1.26. The number of carbonyl (C=O) groups excluding carboxylic acids is 1. The second-order valence-electron chi connectivity index (χ2n) is 3.38. The van der Waals surface area contributed by atoms with E-state index < -0.39 is 23.5 Å². The minimum Gasteiger partial charge on any atom is -0.385 e. The summed E-state index contributed by atoms with van der Waals surface area (Å²) in [5.41, 5.74) is 5.22. The highest BCUT2D eigenvalue weighted by Crippen LogP contribution is 2.12. The summed E-state index contributed by atoms with van der Waals surface area (Å²) in [6.45, 7) is 0.295. The van der Waals surface area contributed by atoms with Crippen molar-refractivity contribution in [1.29, 1.82) is 0 Å². The van der Waals surface area contributed by atoms with Crippen LogP contribution >= 0.6 is 0 Å². The number of hydrogen-bond acceptors (Lipinski definition) is 3. The Balaban J connectivity index is 2.83. The molecule has 0 aliphatic rings. The summed E-state index contributed by atoms with van der Waals surface area (Å²) in [5, 5.41) is 0. The molecule has 0 heterocycles. The number of nitrogens with two attached hydrogens (primary N) is 1. The molecule has 0 aromatic heterocycles. The van der Waals surface area contributed by atoms with Crippen LogP contribution in [0.5, 0.6) is 0 Å². The number of hydrogen-bond donors (Lipinski definition) is 1. The fraction of sp³-hybridized carbons (Fsp3) is 0.364. The van der Waals surface area contributed by atoms with E-state index in [0.29, 0.717) is 6.61 Å². The van der Waals surface area contributed by atoms with Crippen LogP contribution in [0.1, 0.15) is 16.8 Å². The van der Waals surface area contributed by atoms with Crippen molar-refractivity contribution < 1.29 is 18.3 Å². The topological polar surface area (TPSA) is 52.3 Å². The van der Waals surface area contributed by atoms with Crippen LogP contribution in [0.3, 0.4) is 0 Å². The van der Waals surface area contributed by atoms with Crippen molar-refractivity contribution in [2.45, 2.75) is 12.5 Å². The molecule has 1 aromatic carbocycles. The van der Waals surface area contributed by atoms with Crippen molar-refractivity contribution in [3.8, 4) is 0 Å². The van der Waals surface area contributed by atoms with E-state index >= 15 is 0 Å². The van der Waals surface area contributed by atoms with E-state index in [1.807, 2.05) is 0 Å². The van der Waals surface area contributed by atoms with Gasteiger partial charge in [-0.2, -0.15) is 0 Å². The van der Waals surface area contributed by atoms with Crippen molar-refractivity contribution in [3.05, 3.63) is 35.4 Å². The lowest BCUT2D eigenvalue weighted by molar-refractivity contribution is 0.0931. The lowest BCUT2D eigenvalue weighted by atomic mass is 10.0. The van der Waals surface area contributed by atoms with E-state index in [0.717, 1.165) is 18.2 Å². The smallest absolute Gasteiger partial charge is 0.182 e. The number of ether oxygens (including phenoxy) is 1. The van der Waals surface area contributed by atoms with Crippen LogP contribution in [0.15, 0.2) is 18.2 Å². The molecular formula is C11H13F2NO2. The Morgan fingerprint density at radius 3 is 2.81 bits per heavy atom. The molecule has 2 N–H and O–H groups in total. The van der Waals surface area contributed by atoms with Gasteiger partial charge in [0.2, 0.25) is 0 Å². The van der Waals surface area contributed by atoms with Crippen molar-refractivity contribution in [1.82, 2.24) is 0 Å². The highest BCUT2D eigenvalue weighted by atomic mass is 19.1. The van der Waals surface area contributed by atoms with Gasteiger partial charge in [-0.15, -0.1) is 0 Å². The number of Topliss-reactive ketones (excluding diaryl/α,β-unsaturated/α-hetero) is 1. The van der Waals surface area contributed by atoms with Crippen LogP contribution in [0.25, 0.3) is 0 Å². The predicted molar refractivity (Wildman–Crippen MR) is 55.2 cm³/mol. The first-order valence-electron chi connectivity index (χ1n) is 4.80. The Bertz CT molecular complexity index is 382. The van der Waals surface area contributed by atoms with Crippen molar-refractivity contribution >= 4 is 5.78 Å². The van der Waals surface area contributed by atoms with E-state index in [2.05, 4.69) is 0 Å². The van der Waals surface area contributed by atoms with E-state index in [9.17, 15) is 13.6 Å². The average molecular weight is 229 g/mol. The molecule has 1 unspecified atom stereocenters. The van der Waals surface area contributed by atoms with Crippen molar-refractivity contribution in [2.24, 2.45) is 5.73 Å². The zero-order valence-corrected chi connectivity index (χ0v) is 8.87. The lowest BCUT2D eigenvalue weighted by Crippen LogP contribution is -2.32. The van der Waals surface area contributed by atoms with Crippen molar-refractivity contribution in [2.75, 3.05) is 13.7 Å². The van der Waals surface area contributed by atoms with Crippen LogP contribution in [0, 0.1) is 11.6 Å². The molecule has 0 amide bonds. The molecule has 88 valence electrons. The zero-order chi connectivity index (χ0) is 12.1. The number of rotatable bonds is 5. The van der Waals surface area contributed by atoms with Gasteiger partial charge in [-0.05, 0) is 24.6 Å². The third kappa shape index (κ3) is 3.08. The monoisotopic (exact) mass is 229 g/mol. The zero-order valence-electron chi connectivity index (χ0n) is 8.87. The number of methoxy groups -OCH3 is 1. The molecule has 0 aliphatic carbocycles. The third-order valence-electron chi connectivity index (χ3n) is 2.16. The number of halogens is 2. The summed E-state index contributed by atoms with van der Waals surface area (Å²) in [4.78, 5) is 11.6. The first-order chi connectivity index (χ1) is 7.56. The first kappa shape index (κ1) is 12.7. The minimum absolute atomic E-state index is 0.269. The van der Waals surface area contributed by atoms with Gasteiger partial charge in [0.1, 0.15) is 11.6 Å². The molecule has 16 heavy (non-hydrogen) atoms. The van der Waals surface area contributed by atoms with Gasteiger partial charge in [0, 0.05) is 13.7 Å². The van der Waals surface area contributed by atoms with Gasteiger partial charge in [-0.1, -0.05) is 0 Å². The Hall–Kier alpha value is -1.33. The highest BCUT2D eigenvalue weighted by Gasteiger charge is 2.19. The second kappa shape index (κ2) is 5.67. The molecule has 1 rings (SSSR count). The van der Waals surface area contributed by atoms with Gasteiger partial charge in [0.25, 0.3) is 0 Å². The standard InChI is InChI=1S/C11H13F2NO2/c1-16-5-4-10(14)11(15)8-6-7(12)2-3-9(8)13/h2-3,6,10H,4-5,14H2,1H3. The summed E-state index contributed by atoms with van der Waals surface area (Å²) >= 11 is 0. The Labute approximate surface area is 92.2 Å². The molecule has 0 fully saturated rings. The third-order valence-corrected chi connectivity index (χ3v) is 2.16. The van der Waals surface area contributed by atoms with Crippen LogP contribution in [0.2, 0.25) is 0 Å². The molecule has 0 spiro atoms. The fourth-order valence-electron chi connectivity index (χ4n) is 1.26. The summed E-state index contributed by atoms with van der Waals surface area (Å²) < 4.78 is 30.8. The number of carbonyl (C=O) groups is 1. The first-order valence-corrected chi connectivity index (χ1v) is 4.80. The summed E-state index contributed by atoms with van der Waals surface area (Å²) in [5.74, 6) is -2.04. The molecule has 1 atom stereocenters. The van der Waals surface area contributed by atoms with Gasteiger partial charge >= 0.3 is 0 Å². The van der Waals surface area contributed by atoms with Gasteiger partial charge in [0.15, 0.2) is 5.78 Å². The lowest BCUT2D eigenvalue weighted by Gasteiger charge is -2.10. The molecule has 0 bridgehead atoms. The Morgan fingerprint density at radius 1 is 1.50 bits per heavy atom. The van der Waals surface area contributed by atoms with Gasteiger partial charge in [-0.3, -0.25) is 4.79 Å². The summed E-state index contributed by atoms with van der Waals surface area (Å²) in [6, 6.07) is 1.83. The Kier molecular flexibility index (Phi) is 4.52. The molecule has 3 nitrogen and oxygen atoms in total. The normalized spacial score (nSPS) is 12.5. The average Bonchev–Trinajstić information content (AvgIpc) is 2.28. The maximum atomic E-state index is 13.2. The minimum atomic E-state index is -0.878. The van der Waals surface area contributed by atoms with Crippen LogP contribution in [0.4, 0.5) is 8.78 Å². The molecule has 1 aromatic rings. The van der Waals surface area contributed by atoms with Crippen LogP contribution in [-0.2, 0) is 4.74 Å². The van der Waals surface area contributed by atoms with E-state index in [1.165, 1.54) is 7.11 Å². The van der Waals surface area contributed by atoms with Crippen molar-refractivity contribution in [3.63, 3.8) is 0 Å². The second-order valence-corrected chi connectivity index (χ2v) is 3.38. The van der Waals surface area contributed by atoms with Crippen LogP contribution in [-0.4, -0.2) is 25.5 Å². The SMILES string of the molecule is COCCC(N)C(=O)c1cc(F)ccc1F. The molecule has 0 aliphatic heterocycles. The van der Waals surface area contributed by atoms with Gasteiger partial charge in [0.05, 0.1) is 11.6 Å². The van der Waals surface area contributed by atoms with E-state index in [4.69, 9.17) is 10.5 Å². The maximum Gasteiger partial charge on any atom is 0.182 e. The Morgan fingerprint density at radius 2 is 2.19 bits per heavy atom. The molecule has 5 heteroatoms. The summed E-state index contributed by atoms with van der Waals surface area (Å²) in [7, 11) is 1.47. The predicted octanol–water partition coefficient (Wildman–Crippen LogP) is 1.51. The van der Waals surface area contributed by atoms with Gasteiger partial charge in [-0.25, -0.2) is 8.78 Å². The molecular weight excluding hydrogens is 216 g/mol. The van der Waals surface area contributed by atoms with Crippen LogP contribution < -0.4 is 5.73 Å². The quantitative estimate of drug-likeness (QED) is 0.779. The highest BCUT2D eigenvalue weighted by molar-refractivity contribution is 6.00. The van der Waals surface area contributed by atoms with Gasteiger partial charge < -0.3 is 10.5 Å². The number of ketones is 1.